The number of pyridine rings is 1. The molecule has 1 amide bonds. The van der Waals surface area contributed by atoms with Crippen molar-refractivity contribution in [2.24, 2.45) is 5.73 Å². The molecule has 0 bridgehead atoms. The summed E-state index contributed by atoms with van der Waals surface area (Å²) in [4.78, 5) is 16.1. The minimum atomic E-state index is -0.0392. The lowest BCUT2D eigenvalue weighted by molar-refractivity contribution is -0.116. The molecule has 5 heteroatoms. The van der Waals surface area contributed by atoms with E-state index in [1.165, 1.54) is 0 Å². The highest BCUT2D eigenvalue weighted by molar-refractivity contribution is 6.32. The van der Waals surface area contributed by atoms with E-state index in [1.807, 2.05) is 18.2 Å². The molecule has 1 heterocycles. The van der Waals surface area contributed by atoms with Crippen LogP contribution in [0.4, 0.5) is 5.69 Å². The summed E-state index contributed by atoms with van der Waals surface area (Å²) in [5.74, 6) is -0.0392. The van der Waals surface area contributed by atoms with Gasteiger partial charge in [-0.25, -0.2) is 0 Å². The van der Waals surface area contributed by atoms with Gasteiger partial charge in [0.15, 0.2) is 0 Å². The molecular weight excluding hydrogens is 262 g/mol. The number of hydrogen-bond acceptors (Lipinski definition) is 3. The minimum Gasteiger partial charge on any atom is -0.330 e. The van der Waals surface area contributed by atoms with Crippen molar-refractivity contribution in [3.63, 3.8) is 0 Å². The first-order valence-corrected chi connectivity index (χ1v) is 6.62. The first kappa shape index (κ1) is 13.8. The van der Waals surface area contributed by atoms with Crippen molar-refractivity contribution in [3.8, 4) is 0 Å². The SMILES string of the molecule is NCCCCC(=O)Nc1cc(Cl)cc2cccnc12. The second-order valence-corrected chi connectivity index (χ2v) is 4.76. The van der Waals surface area contributed by atoms with Crippen molar-refractivity contribution < 1.29 is 4.79 Å². The van der Waals surface area contributed by atoms with E-state index >= 15 is 0 Å². The fourth-order valence-electron chi connectivity index (χ4n) is 1.89. The fourth-order valence-corrected chi connectivity index (χ4v) is 2.12. The van der Waals surface area contributed by atoms with Crippen LogP contribution in [-0.2, 0) is 4.79 Å². The third kappa shape index (κ3) is 3.66. The Hall–Kier alpha value is -1.65. The Kier molecular flexibility index (Phi) is 4.71. The van der Waals surface area contributed by atoms with Gasteiger partial charge in [-0.3, -0.25) is 9.78 Å². The van der Waals surface area contributed by atoms with E-state index in [1.54, 1.807) is 12.3 Å². The summed E-state index contributed by atoms with van der Waals surface area (Å²) in [6, 6.07) is 7.30. The Labute approximate surface area is 117 Å². The molecule has 0 unspecified atom stereocenters. The Balaban J connectivity index is 2.18. The van der Waals surface area contributed by atoms with Gasteiger partial charge in [0.1, 0.15) is 0 Å². The molecular formula is C14H16ClN3O. The van der Waals surface area contributed by atoms with Gasteiger partial charge >= 0.3 is 0 Å². The number of fused-ring (bicyclic) bond motifs is 1. The van der Waals surface area contributed by atoms with Crippen LogP contribution in [0.2, 0.25) is 5.02 Å². The zero-order valence-corrected chi connectivity index (χ0v) is 11.3. The second-order valence-electron chi connectivity index (χ2n) is 4.32. The molecule has 2 aromatic rings. The number of anilines is 1. The standard InChI is InChI=1S/C14H16ClN3O/c15-11-8-10-4-3-7-17-14(10)12(9-11)18-13(19)5-1-2-6-16/h3-4,7-9H,1-2,5-6,16H2,(H,18,19). The van der Waals surface area contributed by atoms with E-state index in [4.69, 9.17) is 17.3 Å². The van der Waals surface area contributed by atoms with Crippen molar-refractivity contribution in [1.29, 1.82) is 0 Å². The third-order valence-electron chi connectivity index (χ3n) is 2.80. The van der Waals surface area contributed by atoms with Gasteiger partial charge in [-0.15, -0.1) is 0 Å². The summed E-state index contributed by atoms with van der Waals surface area (Å²) >= 11 is 6.04. The third-order valence-corrected chi connectivity index (χ3v) is 3.02. The maximum Gasteiger partial charge on any atom is 0.224 e. The molecule has 0 atom stereocenters. The number of rotatable bonds is 5. The summed E-state index contributed by atoms with van der Waals surface area (Å²) in [6.45, 7) is 0.606. The monoisotopic (exact) mass is 277 g/mol. The Bertz CT molecular complexity index is 586. The van der Waals surface area contributed by atoms with Gasteiger partial charge in [-0.2, -0.15) is 0 Å². The summed E-state index contributed by atoms with van der Waals surface area (Å²) in [6.07, 6.45) is 3.79. The number of hydrogen-bond donors (Lipinski definition) is 2. The molecule has 100 valence electrons. The highest BCUT2D eigenvalue weighted by Crippen LogP contribution is 2.26. The lowest BCUT2D eigenvalue weighted by Gasteiger charge is -2.08. The number of nitrogens with two attached hydrogens (primary N) is 1. The number of aromatic nitrogens is 1. The molecule has 0 radical (unpaired) electrons. The van der Waals surface area contributed by atoms with Gasteiger partial charge in [0, 0.05) is 23.0 Å². The Morgan fingerprint density at radius 1 is 1.37 bits per heavy atom. The van der Waals surface area contributed by atoms with E-state index in [-0.39, 0.29) is 5.91 Å². The molecule has 0 saturated heterocycles. The van der Waals surface area contributed by atoms with Crippen LogP contribution >= 0.6 is 11.6 Å². The second kappa shape index (κ2) is 6.50. The Morgan fingerprint density at radius 2 is 2.21 bits per heavy atom. The number of amides is 1. The van der Waals surface area contributed by atoms with Crippen LogP contribution in [0.3, 0.4) is 0 Å². The molecule has 1 aromatic carbocycles. The van der Waals surface area contributed by atoms with Gasteiger partial charge in [0.2, 0.25) is 5.91 Å². The molecule has 0 aliphatic heterocycles. The quantitative estimate of drug-likeness (QED) is 0.826. The molecule has 0 fully saturated rings. The molecule has 4 nitrogen and oxygen atoms in total. The van der Waals surface area contributed by atoms with Crippen LogP contribution in [0.1, 0.15) is 19.3 Å². The minimum absolute atomic E-state index is 0.0392. The van der Waals surface area contributed by atoms with Crippen molar-refractivity contribution in [1.82, 2.24) is 4.98 Å². The summed E-state index contributed by atoms with van der Waals surface area (Å²) in [5.41, 5.74) is 6.81. The van der Waals surface area contributed by atoms with E-state index in [2.05, 4.69) is 10.3 Å². The van der Waals surface area contributed by atoms with Crippen LogP contribution in [0.5, 0.6) is 0 Å². The number of carbonyl (C=O) groups excluding carboxylic acids is 1. The van der Waals surface area contributed by atoms with Crippen molar-refractivity contribution in [2.75, 3.05) is 11.9 Å². The van der Waals surface area contributed by atoms with E-state index in [9.17, 15) is 4.79 Å². The van der Waals surface area contributed by atoms with Crippen LogP contribution in [0.15, 0.2) is 30.5 Å². The average Bonchev–Trinajstić information content (AvgIpc) is 2.39. The molecule has 2 rings (SSSR count). The van der Waals surface area contributed by atoms with Crippen LogP contribution in [0, 0.1) is 0 Å². The predicted molar refractivity (Wildman–Crippen MR) is 78.3 cm³/mol. The number of carbonyl (C=O) groups is 1. The molecule has 0 aliphatic rings. The number of nitrogens with one attached hydrogen (secondary N) is 1. The van der Waals surface area contributed by atoms with E-state index < -0.39 is 0 Å². The van der Waals surface area contributed by atoms with Crippen LogP contribution in [0.25, 0.3) is 10.9 Å². The van der Waals surface area contributed by atoms with Gasteiger partial charge < -0.3 is 11.1 Å². The normalized spacial score (nSPS) is 10.6. The lowest BCUT2D eigenvalue weighted by Crippen LogP contribution is -2.12. The fraction of sp³-hybridized carbons (Fsp3) is 0.286. The number of unbranched alkanes of at least 4 members (excludes halogenated alkanes) is 1. The number of halogens is 1. The van der Waals surface area contributed by atoms with Crippen LogP contribution < -0.4 is 11.1 Å². The van der Waals surface area contributed by atoms with Gasteiger partial charge in [-0.05, 0) is 37.6 Å². The highest BCUT2D eigenvalue weighted by Gasteiger charge is 2.08. The average molecular weight is 278 g/mol. The first-order valence-electron chi connectivity index (χ1n) is 6.25. The van der Waals surface area contributed by atoms with Gasteiger partial charge in [0.25, 0.3) is 0 Å². The van der Waals surface area contributed by atoms with E-state index in [0.717, 1.165) is 23.7 Å². The number of benzene rings is 1. The summed E-state index contributed by atoms with van der Waals surface area (Å²) < 4.78 is 0. The molecule has 19 heavy (non-hydrogen) atoms. The molecule has 0 saturated carbocycles. The van der Waals surface area contributed by atoms with Crippen molar-refractivity contribution in [3.05, 3.63) is 35.5 Å². The molecule has 1 aromatic heterocycles. The predicted octanol–water partition coefficient (Wildman–Crippen LogP) is 2.96. The largest absolute Gasteiger partial charge is 0.330 e. The van der Waals surface area contributed by atoms with E-state index in [0.29, 0.717) is 23.7 Å². The van der Waals surface area contributed by atoms with Crippen LogP contribution in [-0.4, -0.2) is 17.4 Å². The zero-order chi connectivity index (χ0) is 13.7. The highest BCUT2D eigenvalue weighted by atomic mass is 35.5. The summed E-state index contributed by atoms with van der Waals surface area (Å²) in [5, 5.41) is 4.35. The first-order chi connectivity index (χ1) is 9.20. The Morgan fingerprint density at radius 3 is 3.00 bits per heavy atom. The maximum atomic E-state index is 11.8. The smallest absolute Gasteiger partial charge is 0.224 e. The molecule has 0 spiro atoms. The molecule has 0 aliphatic carbocycles. The number of nitrogens with zero attached hydrogens (tertiary/aromatic N) is 1. The zero-order valence-electron chi connectivity index (χ0n) is 10.5. The van der Waals surface area contributed by atoms with Crippen molar-refractivity contribution >= 4 is 34.1 Å². The lowest BCUT2D eigenvalue weighted by atomic mass is 10.1. The van der Waals surface area contributed by atoms with Gasteiger partial charge in [0.05, 0.1) is 11.2 Å². The summed E-state index contributed by atoms with van der Waals surface area (Å²) in [7, 11) is 0. The molecule has 3 N–H and O–H groups in total. The maximum absolute atomic E-state index is 11.8. The van der Waals surface area contributed by atoms with Crippen molar-refractivity contribution in [2.45, 2.75) is 19.3 Å². The van der Waals surface area contributed by atoms with Gasteiger partial charge in [-0.1, -0.05) is 17.7 Å². The topological polar surface area (TPSA) is 68.0 Å².